The zero-order valence-electron chi connectivity index (χ0n) is 13.8. The number of benzene rings is 1. The van der Waals surface area contributed by atoms with Crippen molar-refractivity contribution in [3.05, 3.63) is 34.3 Å². The second kappa shape index (κ2) is 8.89. The fourth-order valence-corrected chi connectivity index (χ4v) is 2.37. The van der Waals surface area contributed by atoms with Crippen LogP contribution in [-0.4, -0.2) is 31.4 Å². The topological polar surface area (TPSA) is 30.5 Å². The predicted molar refractivity (Wildman–Crippen MR) is 91.7 cm³/mol. The van der Waals surface area contributed by atoms with Gasteiger partial charge in [-0.2, -0.15) is 0 Å². The van der Waals surface area contributed by atoms with Crippen molar-refractivity contribution in [3.63, 3.8) is 0 Å². The lowest BCUT2D eigenvalue weighted by Gasteiger charge is -2.28. The molecule has 0 spiro atoms. The number of halogens is 1. The summed E-state index contributed by atoms with van der Waals surface area (Å²) in [5, 5.41) is 3.52. The van der Waals surface area contributed by atoms with Gasteiger partial charge in [0, 0.05) is 23.2 Å². The second-order valence-electron chi connectivity index (χ2n) is 6.28. The molecule has 1 aromatic rings. The lowest BCUT2D eigenvalue weighted by atomic mass is 10.1. The van der Waals surface area contributed by atoms with Crippen molar-refractivity contribution < 1.29 is 9.47 Å². The van der Waals surface area contributed by atoms with Crippen molar-refractivity contribution in [1.82, 2.24) is 5.32 Å². The van der Waals surface area contributed by atoms with Gasteiger partial charge in [0.1, 0.15) is 0 Å². The first-order valence-electron chi connectivity index (χ1n) is 7.55. The van der Waals surface area contributed by atoms with Gasteiger partial charge in [-0.1, -0.05) is 28.1 Å². The molecule has 0 aliphatic rings. The van der Waals surface area contributed by atoms with Crippen LogP contribution in [0, 0.1) is 0 Å². The lowest BCUT2D eigenvalue weighted by Crippen LogP contribution is -2.39. The van der Waals surface area contributed by atoms with Gasteiger partial charge in [0.25, 0.3) is 0 Å². The third-order valence-corrected chi connectivity index (χ3v) is 3.48. The molecule has 2 unspecified atom stereocenters. The van der Waals surface area contributed by atoms with Crippen LogP contribution in [0.1, 0.15) is 46.3 Å². The fourth-order valence-electron chi connectivity index (χ4n) is 1.95. The van der Waals surface area contributed by atoms with Crippen molar-refractivity contribution in [3.8, 4) is 0 Å². The monoisotopic (exact) mass is 357 g/mol. The molecular formula is C17H28BrNO2. The van der Waals surface area contributed by atoms with Gasteiger partial charge in [0.05, 0.1) is 18.8 Å². The Kier molecular flexibility index (Phi) is 7.88. The highest BCUT2D eigenvalue weighted by molar-refractivity contribution is 9.10. The summed E-state index contributed by atoms with van der Waals surface area (Å²) >= 11 is 3.53. The van der Waals surface area contributed by atoms with Crippen LogP contribution in [0.2, 0.25) is 0 Å². The first kappa shape index (κ1) is 18.6. The minimum atomic E-state index is 0.0113. The Bertz CT molecular complexity index is 417. The van der Waals surface area contributed by atoms with Crippen molar-refractivity contribution in [2.45, 2.75) is 52.4 Å². The molecule has 0 heterocycles. The fraction of sp³-hybridized carbons (Fsp3) is 0.647. The average Bonchev–Trinajstić information content (AvgIpc) is 2.40. The highest BCUT2D eigenvalue weighted by Gasteiger charge is 2.19. The largest absolute Gasteiger partial charge is 0.379 e. The average molecular weight is 358 g/mol. The van der Waals surface area contributed by atoms with Gasteiger partial charge in [-0.05, 0) is 52.3 Å². The van der Waals surface area contributed by atoms with Gasteiger partial charge in [0.2, 0.25) is 0 Å². The normalized spacial score (nSPS) is 15.0. The maximum Gasteiger partial charge on any atom is 0.0954 e. The van der Waals surface area contributed by atoms with E-state index in [2.05, 4.69) is 61.1 Å². The molecule has 0 fully saturated rings. The van der Waals surface area contributed by atoms with E-state index >= 15 is 0 Å². The Labute approximate surface area is 137 Å². The van der Waals surface area contributed by atoms with Gasteiger partial charge in [-0.15, -0.1) is 0 Å². The highest BCUT2D eigenvalue weighted by Crippen LogP contribution is 2.23. The Morgan fingerprint density at radius 3 is 2.57 bits per heavy atom. The summed E-state index contributed by atoms with van der Waals surface area (Å²) in [5.74, 6) is 0. The van der Waals surface area contributed by atoms with Gasteiger partial charge >= 0.3 is 0 Å². The van der Waals surface area contributed by atoms with Gasteiger partial charge in [0.15, 0.2) is 0 Å². The molecule has 1 aromatic carbocycles. The molecule has 120 valence electrons. The zero-order chi connectivity index (χ0) is 15.9. The van der Waals surface area contributed by atoms with E-state index in [1.54, 1.807) is 0 Å². The highest BCUT2D eigenvalue weighted by atomic mass is 79.9. The van der Waals surface area contributed by atoms with E-state index < -0.39 is 0 Å². The Morgan fingerprint density at radius 2 is 2.00 bits per heavy atom. The first-order valence-corrected chi connectivity index (χ1v) is 8.35. The van der Waals surface area contributed by atoms with Crippen molar-refractivity contribution in [2.24, 2.45) is 0 Å². The standard InChI is InChI=1S/C17H28BrNO2/c1-6-20-12-13(2)21-16(11-19-17(3,4)5)14-8-7-9-15(18)10-14/h7-10,13,16,19H,6,11-12H2,1-5H3. The third-order valence-electron chi connectivity index (χ3n) is 2.99. The van der Waals surface area contributed by atoms with E-state index in [0.29, 0.717) is 6.61 Å². The van der Waals surface area contributed by atoms with E-state index in [9.17, 15) is 0 Å². The summed E-state index contributed by atoms with van der Waals surface area (Å²) in [4.78, 5) is 0. The molecule has 0 saturated carbocycles. The van der Waals surface area contributed by atoms with Crippen LogP contribution in [-0.2, 0) is 9.47 Å². The molecule has 0 amide bonds. The maximum absolute atomic E-state index is 6.18. The van der Waals surface area contributed by atoms with E-state index in [4.69, 9.17) is 9.47 Å². The van der Waals surface area contributed by atoms with Crippen LogP contribution >= 0.6 is 15.9 Å². The minimum absolute atomic E-state index is 0.0113. The molecule has 2 atom stereocenters. The smallest absolute Gasteiger partial charge is 0.0954 e. The summed E-state index contributed by atoms with van der Waals surface area (Å²) in [7, 11) is 0. The number of ether oxygens (including phenoxy) is 2. The van der Waals surface area contributed by atoms with Crippen LogP contribution in [0.4, 0.5) is 0 Å². The molecule has 1 rings (SSSR count). The number of hydrogen-bond acceptors (Lipinski definition) is 3. The number of rotatable bonds is 8. The summed E-state index contributed by atoms with van der Waals surface area (Å²) < 4.78 is 12.7. The Morgan fingerprint density at radius 1 is 1.29 bits per heavy atom. The van der Waals surface area contributed by atoms with E-state index in [1.807, 2.05) is 19.1 Å². The van der Waals surface area contributed by atoms with Crippen LogP contribution in [0.3, 0.4) is 0 Å². The van der Waals surface area contributed by atoms with E-state index in [0.717, 1.165) is 17.6 Å². The molecule has 0 radical (unpaired) electrons. The summed E-state index contributed by atoms with van der Waals surface area (Å²) in [6, 6.07) is 8.29. The molecule has 0 aliphatic carbocycles. The van der Waals surface area contributed by atoms with Crippen LogP contribution in [0.15, 0.2) is 28.7 Å². The predicted octanol–water partition coefficient (Wildman–Crippen LogP) is 4.32. The van der Waals surface area contributed by atoms with E-state index in [1.165, 1.54) is 5.56 Å². The maximum atomic E-state index is 6.18. The SMILES string of the molecule is CCOCC(C)OC(CNC(C)(C)C)c1cccc(Br)c1. The zero-order valence-corrected chi connectivity index (χ0v) is 15.4. The number of nitrogens with one attached hydrogen (secondary N) is 1. The van der Waals surface area contributed by atoms with Crippen molar-refractivity contribution in [1.29, 1.82) is 0 Å². The van der Waals surface area contributed by atoms with Crippen molar-refractivity contribution in [2.75, 3.05) is 19.8 Å². The third kappa shape index (κ3) is 7.96. The molecule has 3 nitrogen and oxygen atoms in total. The first-order chi connectivity index (χ1) is 9.81. The molecule has 21 heavy (non-hydrogen) atoms. The van der Waals surface area contributed by atoms with Gasteiger partial charge < -0.3 is 14.8 Å². The quantitative estimate of drug-likeness (QED) is 0.751. The molecule has 0 aliphatic heterocycles. The van der Waals surface area contributed by atoms with Gasteiger partial charge in [-0.3, -0.25) is 0 Å². The molecule has 0 bridgehead atoms. The van der Waals surface area contributed by atoms with Gasteiger partial charge in [-0.25, -0.2) is 0 Å². The molecule has 1 N–H and O–H groups in total. The molecule has 0 saturated heterocycles. The summed E-state index contributed by atoms with van der Waals surface area (Å²) in [5.41, 5.74) is 1.24. The molecular weight excluding hydrogens is 330 g/mol. The Hall–Kier alpha value is -0.420. The second-order valence-corrected chi connectivity index (χ2v) is 7.20. The van der Waals surface area contributed by atoms with Crippen LogP contribution in [0.5, 0.6) is 0 Å². The van der Waals surface area contributed by atoms with Crippen LogP contribution in [0.25, 0.3) is 0 Å². The Balaban J connectivity index is 2.74. The molecule has 4 heteroatoms. The summed E-state index contributed by atoms with van der Waals surface area (Å²) in [6.07, 6.45) is 0.0767. The lowest BCUT2D eigenvalue weighted by molar-refractivity contribution is -0.0486. The number of hydrogen-bond donors (Lipinski definition) is 1. The van der Waals surface area contributed by atoms with Crippen LogP contribution < -0.4 is 5.32 Å². The van der Waals surface area contributed by atoms with E-state index in [-0.39, 0.29) is 17.7 Å². The van der Waals surface area contributed by atoms with Crippen molar-refractivity contribution >= 4 is 15.9 Å². The summed E-state index contributed by atoms with van der Waals surface area (Å²) in [6.45, 7) is 12.7. The minimum Gasteiger partial charge on any atom is -0.379 e. The molecule has 0 aromatic heterocycles.